The van der Waals surface area contributed by atoms with Gasteiger partial charge in [0.05, 0.1) is 11.8 Å². The van der Waals surface area contributed by atoms with Crippen molar-refractivity contribution in [3.05, 3.63) is 11.1 Å². The van der Waals surface area contributed by atoms with Crippen LogP contribution in [0.15, 0.2) is 5.38 Å². The molecule has 90 valence electrons. The van der Waals surface area contributed by atoms with Gasteiger partial charge in [-0.2, -0.15) is 0 Å². The molecule has 0 bridgehead atoms. The molecule has 1 aliphatic rings. The Balaban J connectivity index is 1.85. The van der Waals surface area contributed by atoms with Crippen molar-refractivity contribution in [2.24, 2.45) is 0 Å². The van der Waals surface area contributed by atoms with E-state index in [4.69, 9.17) is 4.74 Å². The number of nitrogens with zero attached hydrogens (tertiary/aromatic N) is 2. The Hall–Kier alpha value is -0.520. The Kier molecular flexibility index (Phi) is 4.69. The first-order chi connectivity index (χ1) is 7.90. The summed E-state index contributed by atoms with van der Waals surface area (Å²) in [4.78, 5) is 0. The average molecular weight is 241 g/mol. The third-order valence-electron chi connectivity index (χ3n) is 3.21. The molecule has 1 heterocycles. The first kappa shape index (κ1) is 12.0. The standard InChI is InChI=1S/C11H19N3OS/c1-15-11-6-4-2-3-5-10(11)12-7-9-8-16-14-13-9/h8,10-12H,2-7H2,1H3. The lowest BCUT2D eigenvalue weighted by molar-refractivity contribution is 0.0625. The van der Waals surface area contributed by atoms with Gasteiger partial charge in [-0.15, -0.1) is 5.10 Å². The topological polar surface area (TPSA) is 47.0 Å². The molecule has 1 aliphatic carbocycles. The van der Waals surface area contributed by atoms with E-state index in [0.717, 1.165) is 12.2 Å². The lowest BCUT2D eigenvalue weighted by atomic mass is 10.1. The fourth-order valence-electron chi connectivity index (χ4n) is 2.29. The molecule has 0 aromatic carbocycles. The number of aromatic nitrogens is 2. The largest absolute Gasteiger partial charge is 0.380 e. The molecule has 0 aliphatic heterocycles. The van der Waals surface area contributed by atoms with Crippen molar-refractivity contribution in [1.29, 1.82) is 0 Å². The third kappa shape index (κ3) is 3.23. The summed E-state index contributed by atoms with van der Waals surface area (Å²) in [6.45, 7) is 0.807. The Morgan fingerprint density at radius 2 is 2.31 bits per heavy atom. The van der Waals surface area contributed by atoms with E-state index in [-0.39, 0.29) is 0 Å². The quantitative estimate of drug-likeness (QED) is 0.819. The molecule has 2 rings (SSSR count). The van der Waals surface area contributed by atoms with Gasteiger partial charge in [0.15, 0.2) is 0 Å². The molecule has 4 nitrogen and oxygen atoms in total. The molecule has 1 aromatic heterocycles. The van der Waals surface area contributed by atoms with Gasteiger partial charge < -0.3 is 10.1 Å². The Morgan fingerprint density at radius 3 is 3.06 bits per heavy atom. The van der Waals surface area contributed by atoms with E-state index in [0.29, 0.717) is 12.1 Å². The highest BCUT2D eigenvalue weighted by atomic mass is 32.1. The first-order valence-corrected chi connectivity index (χ1v) is 6.76. The van der Waals surface area contributed by atoms with Crippen LogP contribution in [0.2, 0.25) is 0 Å². The molecule has 1 saturated carbocycles. The average Bonchev–Trinajstić information content (AvgIpc) is 2.71. The maximum atomic E-state index is 5.56. The van der Waals surface area contributed by atoms with Gasteiger partial charge in [-0.1, -0.05) is 23.8 Å². The molecule has 2 atom stereocenters. The minimum Gasteiger partial charge on any atom is -0.380 e. The Bertz CT molecular complexity index is 291. The van der Waals surface area contributed by atoms with Crippen molar-refractivity contribution < 1.29 is 4.74 Å². The van der Waals surface area contributed by atoms with Crippen molar-refractivity contribution in [3.8, 4) is 0 Å². The molecule has 0 spiro atoms. The molecule has 0 saturated heterocycles. The molecular formula is C11H19N3OS. The van der Waals surface area contributed by atoms with Crippen LogP contribution in [0.5, 0.6) is 0 Å². The van der Waals surface area contributed by atoms with Crippen LogP contribution in [0.4, 0.5) is 0 Å². The van der Waals surface area contributed by atoms with E-state index < -0.39 is 0 Å². The maximum absolute atomic E-state index is 5.56. The number of ether oxygens (including phenoxy) is 1. The summed E-state index contributed by atoms with van der Waals surface area (Å²) in [6, 6.07) is 0.467. The van der Waals surface area contributed by atoms with Gasteiger partial charge in [-0.3, -0.25) is 0 Å². The van der Waals surface area contributed by atoms with Crippen LogP contribution < -0.4 is 5.32 Å². The fraction of sp³-hybridized carbons (Fsp3) is 0.818. The summed E-state index contributed by atoms with van der Waals surface area (Å²) in [7, 11) is 1.81. The van der Waals surface area contributed by atoms with E-state index in [1.165, 1.54) is 43.6 Å². The monoisotopic (exact) mass is 241 g/mol. The van der Waals surface area contributed by atoms with Gasteiger partial charge in [0.1, 0.15) is 0 Å². The van der Waals surface area contributed by atoms with Gasteiger partial charge >= 0.3 is 0 Å². The van der Waals surface area contributed by atoms with Crippen molar-refractivity contribution in [1.82, 2.24) is 14.9 Å². The summed E-state index contributed by atoms with van der Waals surface area (Å²) < 4.78 is 9.42. The zero-order valence-electron chi connectivity index (χ0n) is 9.69. The number of hydrogen-bond donors (Lipinski definition) is 1. The van der Waals surface area contributed by atoms with E-state index in [1.807, 2.05) is 12.5 Å². The number of nitrogens with one attached hydrogen (secondary N) is 1. The Labute approximate surface area is 101 Å². The lowest BCUT2D eigenvalue weighted by Gasteiger charge is -2.24. The molecule has 16 heavy (non-hydrogen) atoms. The zero-order valence-corrected chi connectivity index (χ0v) is 10.5. The second-order valence-electron chi connectivity index (χ2n) is 4.30. The van der Waals surface area contributed by atoms with Crippen molar-refractivity contribution in [2.45, 2.75) is 50.8 Å². The highest BCUT2D eigenvalue weighted by Crippen LogP contribution is 2.20. The second kappa shape index (κ2) is 6.27. The van der Waals surface area contributed by atoms with Crippen LogP contribution in [-0.2, 0) is 11.3 Å². The van der Waals surface area contributed by atoms with Crippen LogP contribution in [-0.4, -0.2) is 28.8 Å². The summed E-state index contributed by atoms with van der Waals surface area (Å²) in [5.74, 6) is 0. The lowest BCUT2D eigenvalue weighted by Crippen LogP contribution is -2.39. The number of rotatable bonds is 4. The van der Waals surface area contributed by atoms with Crippen LogP contribution in [0.1, 0.15) is 37.8 Å². The van der Waals surface area contributed by atoms with Crippen molar-refractivity contribution in [2.75, 3.05) is 7.11 Å². The highest BCUT2D eigenvalue weighted by Gasteiger charge is 2.22. The Morgan fingerprint density at radius 1 is 1.44 bits per heavy atom. The molecule has 5 heteroatoms. The number of methoxy groups -OCH3 is 1. The van der Waals surface area contributed by atoms with E-state index in [2.05, 4.69) is 14.9 Å². The molecule has 0 amide bonds. The first-order valence-electron chi connectivity index (χ1n) is 5.92. The van der Waals surface area contributed by atoms with Gasteiger partial charge in [0.25, 0.3) is 0 Å². The normalized spacial score (nSPS) is 26.6. The van der Waals surface area contributed by atoms with E-state index >= 15 is 0 Å². The smallest absolute Gasteiger partial charge is 0.0893 e. The van der Waals surface area contributed by atoms with Crippen LogP contribution in [0.25, 0.3) is 0 Å². The molecular weight excluding hydrogens is 222 g/mol. The number of hydrogen-bond acceptors (Lipinski definition) is 5. The van der Waals surface area contributed by atoms with Crippen molar-refractivity contribution in [3.63, 3.8) is 0 Å². The minimum atomic E-state index is 0.356. The van der Waals surface area contributed by atoms with Gasteiger partial charge in [-0.25, -0.2) is 0 Å². The zero-order chi connectivity index (χ0) is 11.2. The highest BCUT2D eigenvalue weighted by molar-refractivity contribution is 7.03. The summed E-state index contributed by atoms with van der Waals surface area (Å²) in [5, 5.41) is 9.58. The summed E-state index contributed by atoms with van der Waals surface area (Å²) in [6.07, 6.45) is 6.64. The van der Waals surface area contributed by atoms with Crippen LogP contribution >= 0.6 is 11.5 Å². The fourth-order valence-corrected chi connectivity index (χ4v) is 2.74. The van der Waals surface area contributed by atoms with Crippen molar-refractivity contribution >= 4 is 11.5 Å². The molecule has 0 radical (unpaired) electrons. The molecule has 2 unspecified atom stereocenters. The maximum Gasteiger partial charge on any atom is 0.0893 e. The predicted molar refractivity (Wildman–Crippen MR) is 64.4 cm³/mol. The predicted octanol–water partition coefficient (Wildman–Crippen LogP) is 1.98. The van der Waals surface area contributed by atoms with E-state index in [1.54, 1.807) is 0 Å². The third-order valence-corrected chi connectivity index (χ3v) is 3.76. The minimum absolute atomic E-state index is 0.356. The molecule has 1 aromatic rings. The second-order valence-corrected chi connectivity index (χ2v) is 4.91. The van der Waals surface area contributed by atoms with E-state index in [9.17, 15) is 0 Å². The molecule has 1 N–H and O–H groups in total. The van der Waals surface area contributed by atoms with Gasteiger partial charge in [-0.05, 0) is 24.4 Å². The molecule has 1 fully saturated rings. The van der Waals surface area contributed by atoms with Gasteiger partial charge in [0.2, 0.25) is 0 Å². The SMILES string of the molecule is COC1CCCCCC1NCc1csnn1. The van der Waals surface area contributed by atoms with Crippen LogP contribution in [0.3, 0.4) is 0 Å². The summed E-state index contributed by atoms with van der Waals surface area (Å²) in [5.41, 5.74) is 1.03. The summed E-state index contributed by atoms with van der Waals surface area (Å²) >= 11 is 1.40. The van der Waals surface area contributed by atoms with Gasteiger partial charge in [0, 0.05) is 25.1 Å². The van der Waals surface area contributed by atoms with Crippen LogP contribution in [0, 0.1) is 0 Å².